The molecule has 0 spiro atoms. The van der Waals surface area contributed by atoms with Gasteiger partial charge in [0.15, 0.2) is 9.84 Å². The number of rotatable bonds is 7. The molecule has 2 N–H and O–H groups in total. The van der Waals surface area contributed by atoms with Crippen LogP contribution in [-0.4, -0.2) is 31.7 Å². The standard InChI is InChI=1S/C18H20ClNO4S/c1-18(22,14-7-9-15(19)10-8-14)13-20-17(21)11-12-25(23,24)16-5-3-2-4-6-16/h2-10,22H,11-13H2,1H3,(H,20,21). The van der Waals surface area contributed by atoms with Crippen LogP contribution in [0.3, 0.4) is 0 Å². The molecule has 0 aliphatic carbocycles. The van der Waals surface area contributed by atoms with E-state index in [1.807, 2.05) is 0 Å². The van der Waals surface area contributed by atoms with Crippen molar-refractivity contribution in [3.63, 3.8) is 0 Å². The van der Waals surface area contributed by atoms with E-state index in [9.17, 15) is 18.3 Å². The molecule has 0 aliphatic rings. The number of halogens is 1. The van der Waals surface area contributed by atoms with Crippen LogP contribution in [-0.2, 0) is 20.2 Å². The third kappa shape index (κ3) is 5.56. The van der Waals surface area contributed by atoms with Crippen molar-refractivity contribution in [1.82, 2.24) is 5.32 Å². The largest absolute Gasteiger partial charge is 0.384 e. The SMILES string of the molecule is CC(O)(CNC(=O)CCS(=O)(=O)c1ccccc1)c1ccc(Cl)cc1. The van der Waals surface area contributed by atoms with Crippen molar-refractivity contribution in [1.29, 1.82) is 0 Å². The van der Waals surface area contributed by atoms with Gasteiger partial charge < -0.3 is 10.4 Å². The van der Waals surface area contributed by atoms with Gasteiger partial charge in [-0.3, -0.25) is 4.79 Å². The Hall–Kier alpha value is -1.89. The van der Waals surface area contributed by atoms with E-state index in [0.717, 1.165) is 0 Å². The summed E-state index contributed by atoms with van der Waals surface area (Å²) in [4.78, 5) is 12.1. The van der Waals surface area contributed by atoms with Gasteiger partial charge in [0.1, 0.15) is 5.60 Å². The van der Waals surface area contributed by atoms with Crippen molar-refractivity contribution >= 4 is 27.3 Å². The van der Waals surface area contributed by atoms with Gasteiger partial charge in [0, 0.05) is 11.4 Å². The van der Waals surface area contributed by atoms with E-state index in [0.29, 0.717) is 10.6 Å². The summed E-state index contributed by atoms with van der Waals surface area (Å²) < 4.78 is 24.3. The summed E-state index contributed by atoms with van der Waals surface area (Å²) in [6.45, 7) is 1.54. The fraction of sp³-hybridized carbons (Fsp3) is 0.278. The molecule has 0 radical (unpaired) electrons. The molecule has 0 fully saturated rings. The highest BCUT2D eigenvalue weighted by atomic mass is 35.5. The first-order valence-corrected chi connectivity index (χ1v) is 9.77. The minimum absolute atomic E-state index is 0.0289. The van der Waals surface area contributed by atoms with Crippen molar-refractivity contribution < 1.29 is 18.3 Å². The summed E-state index contributed by atoms with van der Waals surface area (Å²) in [7, 11) is -3.50. The molecule has 2 rings (SSSR count). The third-order valence-corrected chi connectivity index (χ3v) is 5.78. The zero-order valence-corrected chi connectivity index (χ0v) is 15.3. The molecule has 0 heterocycles. The smallest absolute Gasteiger partial charge is 0.221 e. The molecule has 5 nitrogen and oxygen atoms in total. The maximum absolute atomic E-state index is 12.1. The highest BCUT2D eigenvalue weighted by Gasteiger charge is 2.24. The van der Waals surface area contributed by atoms with Crippen LogP contribution in [0, 0.1) is 0 Å². The van der Waals surface area contributed by atoms with E-state index in [1.165, 1.54) is 12.1 Å². The van der Waals surface area contributed by atoms with Gasteiger partial charge in [-0.05, 0) is 36.8 Å². The van der Waals surface area contributed by atoms with Gasteiger partial charge in [-0.25, -0.2) is 8.42 Å². The lowest BCUT2D eigenvalue weighted by Crippen LogP contribution is -2.39. The Morgan fingerprint density at radius 1 is 1.12 bits per heavy atom. The van der Waals surface area contributed by atoms with Gasteiger partial charge in [-0.15, -0.1) is 0 Å². The number of benzene rings is 2. The molecule has 0 saturated carbocycles. The van der Waals surface area contributed by atoms with E-state index in [-0.39, 0.29) is 23.6 Å². The fourth-order valence-corrected chi connectivity index (χ4v) is 3.63. The molecule has 1 unspecified atom stereocenters. The Labute approximate surface area is 152 Å². The number of sulfone groups is 1. The summed E-state index contributed by atoms with van der Waals surface area (Å²) in [6.07, 6.45) is -0.173. The molecule has 2 aromatic rings. The Morgan fingerprint density at radius 2 is 1.72 bits per heavy atom. The summed E-state index contributed by atoms with van der Waals surface area (Å²) in [5.74, 6) is -0.722. The molecule has 1 atom stereocenters. The molecule has 0 aliphatic heterocycles. The average Bonchev–Trinajstić information content (AvgIpc) is 2.59. The molecule has 25 heavy (non-hydrogen) atoms. The molecule has 134 valence electrons. The predicted octanol–water partition coefficient (Wildman–Crippen LogP) is 2.53. The van der Waals surface area contributed by atoms with Crippen molar-refractivity contribution in [2.24, 2.45) is 0 Å². The molecule has 1 amide bonds. The maximum atomic E-state index is 12.1. The maximum Gasteiger partial charge on any atom is 0.221 e. The van der Waals surface area contributed by atoms with Gasteiger partial charge in [-0.2, -0.15) is 0 Å². The molecule has 0 saturated heterocycles. The van der Waals surface area contributed by atoms with Gasteiger partial charge >= 0.3 is 0 Å². The second-order valence-corrected chi connectivity index (χ2v) is 8.48. The minimum atomic E-state index is -3.50. The van der Waals surface area contributed by atoms with Gasteiger partial charge in [0.05, 0.1) is 17.2 Å². The quantitative estimate of drug-likeness (QED) is 0.772. The first-order valence-electron chi connectivity index (χ1n) is 7.74. The lowest BCUT2D eigenvalue weighted by atomic mass is 9.96. The number of amides is 1. The summed E-state index contributed by atoms with van der Waals surface area (Å²) in [5.41, 5.74) is -0.674. The molecule has 0 aromatic heterocycles. The topological polar surface area (TPSA) is 83.5 Å². The summed E-state index contributed by atoms with van der Waals surface area (Å²) >= 11 is 5.82. The Morgan fingerprint density at radius 3 is 2.32 bits per heavy atom. The van der Waals surface area contributed by atoms with Crippen molar-refractivity contribution in [2.45, 2.75) is 23.8 Å². The predicted molar refractivity (Wildman–Crippen MR) is 97.1 cm³/mol. The second kappa shape index (κ2) is 7.99. The Kier molecular flexibility index (Phi) is 6.21. The van der Waals surface area contributed by atoms with Crippen molar-refractivity contribution in [2.75, 3.05) is 12.3 Å². The number of hydrogen-bond donors (Lipinski definition) is 2. The second-order valence-electron chi connectivity index (χ2n) is 5.94. The lowest BCUT2D eigenvalue weighted by Gasteiger charge is -2.24. The van der Waals surface area contributed by atoms with Gasteiger partial charge in [0.2, 0.25) is 5.91 Å². The van der Waals surface area contributed by atoms with Crippen LogP contribution in [0.25, 0.3) is 0 Å². The van der Waals surface area contributed by atoms with Crippen LogP contribution in [0.1, 0.15) is 18.9 Å². The highest BCUT2D eigenvalue weighted by Crippen LogP contribution is 2.21. The number of carbonyl (C=O) groups is 1. The summed E-state index contributed by atoms with van der Waals surface area (Å²) in [6, 6.07) is 14.6. The van der Waals surface area contributed by atoms with E-state index >= 15 is 0 Å². The van der Waals surface area contributed by atoms with E-state index in [2.05, 4.69) is 5.32 Å². The normalized spacial score (nSPS) is 13.9. The third-order valence-electron chi connectivity index (χ3n) is 3.80. The van der Waals surface area contributed by atoms with Gasteiger partial charge in [0.25, 0.3) is 0 Å². The fourth-order valence-electron chi connectivity index (χ4n) is 2.24. The van der Waals surface area contributed by atoms with Crippen LogP contribution in [0.5, 0.6) is 0 Å². The molecule has 7 heteroatoms. The van der Waals surface area contributed by atoms with Crippen LogP contribution >= 0.6 is 11.6 Å². The van der Waals surface area contributed by atoms with E-state index < -0.39 is 21.3 Å². The number of aliphatic hydroxyl groups is 1. The number of hydrogen-bond acceptors (Lipinski definition) is 4. The van der Waals surface area contributed by atoms with Crippen molar-refractivity contribution in [3.05, 3.63) is 65.2 Å². The zero-order chi connectivity index (χ0) is 18.5. The summed E-state index contributed by atoms with van der Waals surface area (Å²) in [5, 5.41) is 13.6. The lowest BCUT2D eigenvalue weighted by molar-refractivity contribution is -0.121. The number of carbonyl (C=O) groups excluding carboxylic acids is 1. The Bertz CT molecular complexity index is 818. The first kappa shape index (κ1) is 19.4. The van der Waals surface area contributed by atoms with Crippen LogP contribution < -0.4 is 5.32 Å². The first-order chi connectivity index (χ1) is 11.7. The Balaban J connectivity index is 1.89. The minimum Gasteiger partial charge on any atom is -0.384 e. The van der Waals surface area contributed by atoms with Crippen molar-refractivity contribution in [3.8, 4) is 0 Å². The monoisotopic (exact) mass is 381 g/mol. The molecular formula is C18H20ClNO4S. The molecule has 0 bridgehead atoms. The molecular weight excluding hydrogens is 362 g/mol. The van der Waals surface area contributed by atoms with Crippen LogP contribution in [0.4, 0.5) is 0 Å². The number of nitrogens with one attached hydrogen (secondary N) is 1. The van der Waals surface area contributed by atoms with Crippen LogP contribution in [0.2, 0.25) is 5.02 Å². The van der Waals surface area contributed by atoms with E-state index in [4.69, 9.17) is 11.6 Å². The zero-order valence-electron chi connectivity index (χ0n) is 13.8. The average molecular weight is 382 g/mol. The highest BCUT2D eigenvalue weighted by molar-refractivity contribution is 7.91. The molecule has 2 aromatic carbocycles. The van der Waals surface area contributed by atoms with E-state index in [1.54, 1.807) is 49.4 Å². The van der Waals surface area contributed by atoms with Crippen LogP contribution in [0.15, 0.2) is 59.5 Å². The van der Waals surface area contributed by atoms with Gasteiger partial charge in [-0.1, -0.05) is 41.9 Å².